The second kappa shape index (κ2) is 6.84. The van der Waals surface area contributed by atoms with Crippen molar-refractivity contribution in [1.82, 2.24) is 19.9 Å². The highest BCUT2D eigenvalue weighted by Gasteiger charge is 2.30. The summed E-state index contributed by atoms with van der Waals surface area (Å²) in [4.78, 5) is 16.8. The van der Waals surface area contributed by atoms with Crippen LogP contribution in [0.2, 0.25) is 0 Å². The first kappa shape index (κ1) is 16.1. The van der Waals surface area contributed by atoms with Gasteiger partial charge in [-0.25, -0.2) is 4.98 Å². The standard InChI is InChI=1S/C20H25N5/c1-15-7-12-25(13-16-3-8-21-9-4-16)14-19(15)24(2)18-6-11-23-20-17(18)5-10-22-20/h3-6,8-11,15,19H,7,12-14H2,1-2H3,(H,22,23)/t15-,19+/m1/s1. The van der Waals surface area contributed by atoms with Crippen molar-refractivity contribution in [2.75, 3.05) is 25.0 Å². The third-order valence-electron chi connectivity index (χ3n) is 5.47. The van der Waals surface area contributed by atoms with Crippen LogP contribution in [0.4, 0.5) is 5.69 Å². The Bertz CT molecular complexity index is 828. The van der Waals surface area contributed by atoms with Crippen LogP contribution in [0, 0.1) is 5.92 Å². The summed E-state index contributed by atoms with van der Waals surface area (Å²) in [5.41, 5.74) is 3.55. The first-order chi connectivity index (χ1) is 12.2. The van der Waals surface area contributed by atoms with Gasteiger partial charge in [-0.1, -0.05) is 6.92 Å². The number of hydrogen-bond acceptors (Lipinski definition) is 4. The van der Waals surface area contributed by atoms with Crippen LogP contribution in [0.5, 0.6) is 0 Å². The summed E-state index contributed by atoms with van der Waals surface area (Å²) in [6.45, 7) is 5.61. The highest BCUT2D eigenvalue weighted by Crippen LogP contribution is 2.30. The average molecular weight is 335 g/mol. The molecule has 25 heavy (non-hydrogen) atoms. The molecular formula is C20H25N5. The van der Waals surface area contributed by atoms with E-state index in [-0.39, 0.29) is 0 Å². The van der Waals surface area contributed by atoms with Crippen LogP contribution in [0.3, 0.4) is 0 Å². The third-order valence-corrected chi connectivity index (χ3v) is 5.47. The Labute approximate surface area is 148 Å². The van der Waals surface area contributed by atoms with Gasteiger partial charge in [-0.2, -0.15) is 0 Å². The van der Waals surface area contributed by atoms with Crippen molar-refractivity contribution in [2.24, 2.45) is 5.92 Å². The molecule has 3 aromatic heterocycles. The topological polar surface area (TPSA) is 48.1 Å². The second-order valence-electron chi connectivity index (χ2n) is 7.10. The second-order valence-corrected chi connectivity index (χ2v) is 7.10. The van der Waals surface area contributed by atoms with Gasteiger partial charge >= 0.3 is 0 Å². The summed E-state index contributed by atoms with van der Waals surface area (Å²) < 4.78 is 0. The van der Waals surface area contributed by atoms with E-state index in [0.29, 0.717) is 12.0 Å². The molecule has 5 nitrogen and oxygen atoms in total. The fourth-order valence-corrected chi connectivity index (χ4v) is 3.94. The van der Waals surface area contributed by atoms with Crippen molar-refractivity contribution < 1.29 is 0 Å². The fourth-order valence-electron chi connectivity index (χ4n) is 3.94. The Morgan fingerprint density at radius 3 is 2.88 bits per heavy atom. The first-order valence-corrected chi connectivity index (χ1v) is 8.98. The van der Waals surface area contributed by atoms with Crippen molar-refractivity contribution in [3.63, 3.8) is 0 Å². The molecule has 3 aromatic rings. The lowest BCUT2D eigenvalue weighted by atomic mass is 9.91. The summed E-state index contributed by atoms with van der Waals surface area (Å²) in [6.07, 6.45) is 8.85. The molecule has 0 spiro atoms. The quantitative estimate of drug-likeness (QED) is 0.795. The number of fused-ring (bicyclic) bond motifs is 1. The van der Waals surface area contributed by atoms with E-state index in [2.05, 4.69) is 63.0 Å². The molecule has 130 valence electrons. The summed E-state index contributed by atoms with van der Waals surface area (Å²) in [6, 6.07) is 8.98. The number of likely N-dealkylation sites (N-methyl/N-ethyl adjacent to an activating group) is 1. The summed E-state index contributed by atoms with van der Waals surface area (Å²) in [7, 11) is 2.22. The Hall–Kier alpha value is -2.40. The van der Waals surface area contributed by atoms with E-state index in [1.165, 1.54) is 23.1 Å². The monoisotopic (exact) mass is 335 g/mol. The number of pyridine rings is 2. The minimum atomic E-state index is 0.496. The molecule has 4 heterocycles. The minimum Gasteiger partial charge on any atom is -0.369 e. The molecule has 4 rings (SSSR count). The Morgan fingerprint density at radius 2 is 2.04 bits per heavy atom. The molecule has 1 aliphatic rings. The molecule has 0 aromatic carbocycles. The first-order valence-electron chi connectivity index (χ1n) is 8.98. The van der Waals surface area contributed by atoms with Gasteiger partial charge in [-0.15, -0.1) is 0 Å². The van der Waals surface area contributed by atoms with E-state index in [1.54, 1.807) is 0 Å². The average Bonchev–Trinajstić information content (AvgIpc) is 3.12. The van der Waals surface area contributed by atoms with Crippen LogP contribution >= 0.6 is 0 Å². The van der Waals surface area contributed by atoms with Gasteiger partial charge in [0.25, 0.3) is 0 Å². The molecule has 1 aliphatic heterocycles. The largest absolute Gasteiger partial charge is 0.369 e. The van der Waals surface area contributed by atoms with E-state index >= 15 is 0 Å². The number of piperidine rings is 1. The van der Waals surface area contributed by atoms with E-state index in [1.807, 2.05) is 24.8 Å². The molecule has 5 heteroatoms. The molecule has 0 amide bonds. The number of likely N-dealkylation sites (tertiary alicyclic amines) is 1. The van der Waals surface area contributed by atoms with Gasteiger partial charge in [0.15, 0.2) is 0 Å². The highest BCUT2D eigenvalue weighted by molar-refractivity contribution is 5.89. The van der Waals surface area contributed by atoms with Gasteiger partial charge in [-0.05, 0) is 48.7 Å². The molecule has 0 radical (unpaired) electrons. The van der Waals surface area contributed by atoms with Crippen LogP contribution in [-0.2, 0) is 6.54 Å². The van der Waals surface area contributed by atoms with E-state index in [9.17, 15) is 0 Å². The number of rotatable bonds is 4. The minimum absolute atomic E-state index is 0.496. The summed E-state index contributed by atoms with van der Waals surface area (Å²) >= 11 is 0. The number of nitrogens with zero attached hydrogens (tertiary/aromatic N) is 4. The summed E-state index contributed by atoms with van der Waals surface area (Å²) in [5, 5.41) is 1.20. The lowest BCUT2D eigenvalue weighted by molar-refractivity contribution is 0.159. The zero-order valence-corrected chi connectivity index (χ0v) is 14.9. The van der Waals surface area contributed by atoms with Gasteiger partial charge < -0.3 is 9.88 Å². The maximum Gasteiger partial charge on any atom is 0.139 e. The zero-order chi connectivity index (χ0) is 17.2. The SMILES string of the molecule is C[C@@H]1CCN(Cc2ccncc2)C[C@@H]1N(C)c1ccnc2[nH]ccc12. The maximum atomic E-state index is 4.42. The van der Waals surface area contributed by atoms with Gasteiger partial charge in [-0.3, -0.25) is 9.88 Å². The number of H-pyrrole nitrogens is 1. The molecular weight excluding hydrogens is 310 g/mol. The smallest absolute Gasteiger partial charge is 0.139 e. The van der Waals surface area contributed by atoms with E-state index in [0.717, 1.165) is 25.3 Å². The van der Waals surface area contributed by atoms with E-state index in [4.69, 9.17) is 0 Å². The lowest BCUT2D eigenvalue weighted by Crippen LogP contribution is -2.50. The van der Waals surface area contributed by atoms with Crippen LogP contribution in [0.25, 0.3) is 11.0 Å². The van der Waals surface area contributed by atoms with Gasteiger partial charge in [0.2, 0.25) is 0 Å². The van der Waals surface area contributed by atoms with Crippen molar-refractivity contribution in [2.45, 2.75) is 25.9 Å². The van der Waals surface area contributed by atoms with E-state index < -0.39 is 0 Å². The fraction of sp³-hybridized carbons (Fsp3) is 0.400. The number of aromatic amines is 1. The maximum absolute atomic E-state index is 4.42. The Morgan fingerprint density at radius 1 is 1.20 bits per heavy atom. The zero-order valence-electron chi connectivity index (χ0n) is 14.9. The lowest BCUT2D eigenvalue weighted by Gasteiger charge is -2.42. The third kappa shape index (κ3) is 3.24. The number of hydrogen-bond donors (Lipinski definition) is 1. The number of anilines is 1. The molecule has 2 atom stereocenters. The van der Waals surface area contributed by atoms with Crippen LogP contribution in [0.15, 0.2) is 49.1 Å². The molecule has 1 N–H and O–H groups in total. The van der Waals surface area contributed by atoms with Crippen molar-refractivity contribution in [1.29, 1.82) is 0 Å². The molecule has 1 saturated heterocycles. The number of nitrogens with one attached hydrogen (secondary N) is 1. The Balaban J connectivity index is 1.54. The van der Waals surface area contributed by atoms with Crippen LogP contribution in [-0.4, -0.2) is 46.0 Å². The van der Waals surface area contributed by atoms with Crippen molar-refractivity contribution >= 4 is 16.7 Å². The normalized spacial score (nSPS) is 21.5. The molecule has 0 aliphatic carbocycles. The van der Waals surface area contributed by atoms with Crippen molar-refractivity contribution in [3.05, 3.63) is 54.6 Å². The predicted octanol–water partition coefficient (Wildman–Crippen LogP) is 3.30. The highest BCUT2D eigenvalue weighted by atomic mass is 15.2. The molecule has 1 fully saturated rings. The molecule has 0 bridgehead atoms. The van der Waals surface area contributed by atoms with Gasteiger partial charge in [0.1, 0.15) is 5.65 Å². The van der Waals surface area contributed by atoms with Crippen molar-refractivity contribution in [3.8, 4) is 0 Å². The predicted molar refractivity (Wildman–Crippen MR) is 102 cm³/mol. The van der Waals surface area contributed by atoms with Crippen LogP contribution in [0.1, 0.15) is 18.9 Å². The molecule has 0 unspecified atom stereocenters. The van der Waals surface area contributed by atoms with Crippen LogP contribution < -0.4 is 4.90 Å². The Kier molecular flexibility index (Phi) is 4.40. The summed E-state index contributed by atoms with van der Waals surface area (Å²) in [5.74, 6) is 0.667. The van der Waals surface area contributed by atoms with Gasteiger partial charge in [0, 0.05) is 62.0 Å². The molecule has 0 saturated carbocycles. The number of aromatic nitrogens is 3. The van der Waals surface area contributed by atoms with Gasteiger partial charge in [0.05, 0.1) is 0 Å².